The Labute approximate surface area is 65.4 Å². The summed E-state index contributed by atoms with van der Waals surface area (Å²) in [6.45, 7) is 3.00. The number of rotatable bonds is 3. The Kier molecular flexibility index (Phi) is 1.44. The highest BCUT2D eigenvalue weighted by molar-refractivity contribution is 6.18. The first-order valence-corrected chi connectivity index (χ1v) is 4.12. The van der Waals surface area contributed by atoms with Crippen LogP contribution in [0, 0.1) is 0 Å². The van der Waals surface area contributed by atoms with Crippen LogP contribution in [0.5, 0.6) is 0 Å². The third-order valence-corrected chi connectivity index (χ3v) is 2.41. The lowest BCUT2D eigenvalue weighted by Crippen LogP contribution is -2.10. The van der Waals surface area contributed by atoms with Crippen LogP contribution in [0.25, 0.3) is 0 Å². The minimum Gasteiger partial charge on any atom is -0.370 e. The van der Waals surface area contributed by atoms with E-state index >= 15 is 0 Å². The molecule has 2 aliphatic heterocycles. The van der Waals surface area contributed by atoms with Crippen molar-refractivity contribution >= 4 is 11.6 Å². The lowest BCUT2D eigenvalue weighted by Gasteiger charge is -1.98. The van der Waals surface area contributed by atoms with Gasteiger partial charge in [-0.1, -0.05) is 0 Å². The van der Waals surface area contributed by atoms with Crippen molar-refractivity contribution in [2.24, 2.45) is 0 Å². The molecule has 0 aromatic carbocycles. The van der Waals surface area contributed by atoms with Crippen LogP contribution in [-0.4, -0.2) is 30.3 Å². The van der Waals surface area contributed by atoms with E-state index in [1.54, 1.807) is 0 Å². The van der Waals surface area contributed by atoms with Crippen LogP contribution in [-0.2, 0) is 9.47 Å². The molecule has 0 aromatic heterocycles. The Morgan fingerprint density at radius 2 is 2.30 bits per heavy atom. The zero-order valence-electron chi connectivity index (χ0n) is 5.97. The molecule has 0 aliphatic carbocycles. The van der Waals surface area contributed by atoms with Gasteiger partial charge in [0.15, 0.2) is 0 Å². The summed E-state index contributed by atoms with van der Waals surface area (Å²) in [5, 5.41) is 0. The Morgan fingerprint density at radius 1 is 1.60 bits per heavy atom. The molecule has 3 heteroatoms. The van der Waals surface area contributed by atoms with E-state index in [-0.39, 0.29) is 5.60 Å². The summed E-state index contributed by atoms with van der Waals surface area (Å²) in [7, 11) is 0. The fourth-order valence-electron chi connectivity index (χ4n) is 1.16. The first kappa shape index (κ1) is 6.89. The average Bonchev–Trinajstić information content (AvgIpc) is 2.74. The van der Waals surface area contributed by atoms with Crippen LogP contribution in [0.1, 0.15) is 13.3 Å². The van der Waals surface area contributed by atoms with Crippen LogP contribution >= 0.6 is 11.6 Å². The molecule has 0 spiro atoms. The quantitative estimate of drug-likeness (QED) is 0.460. The second kappa shape index (κ2) is 2.10. The molecule has 2 nitrogen and oxygen atoms in total. The molecule has 0 radical (unpaired) electrons. The first-order valence-electron chi connectivity index (χ1n) is 3.59. The number of epoxide rings is 2. The first-order chi connectivity index (χ1) is 4.73. The highest BCUT2D eigenvalue weighted by Crippen LogP contribution is 2.38. The van der Waals surface area contributed by atoms with Crippen LogP contribution < -0.4 is 0 Å². The van der Waals surface area contributed by atoms with E-state index in [1.165, 1.54) is 0 Å². The fraction of sp³-hybridized carbons (Fsp3) is 1.00. The lowest BCUT2D eigenvalue weighted by atomic mass is 10.1. The van der Waals surface area contributed by atoms with Crippen molar-refractivity contribution < 1.29 is 9.47 Å². The van der Waals surface area contributed by atoms with Gasteiger partial charge >= 0.3 is 0 Å². The molecule has 58 valence electrons. The normalized spacial score (nSPS) is 51.0. The smallest absolute Gasteiger partial charge is 0.0977 e. The monoisotopic (exact) mass is 162 g/mol. The summed E-state index contributed by atoms with van der Waals surface area (Å²) in [4.78, 5) is 0. The molecule has 2 rings (SSSR count). The van der Waals surface area contributed by atoms with Gasteiger partial charge in [0.25, 0.3) is 0 Å². The molecule has 10 heavy (non-hydrogen) atoms. The molecule has 2 saturated heterocycles. The van der Waals surface area contributed by atoms with Gasteiger partial charge in [-0.05, 0) is 6.92 Å². The average molecular weight is 163 g/mol. The Hall–Kier alpha value is 0.210. The van der Waals surface area contributed by atoms with E-state index in [0.717, 1.165) is 13.0 Å². The molecule has 0 bridgehead atoms. The number of halogens is 1. The SMILES string of the molecule is CC1(CC2OC2CCl)CO1. The van der Waals surface area contributed by atoms with Crippen molar-refractivity contribution in [3.8, 4) is 0 Å². The predicted molar refractivity (Wildman–Crippen MR) is 38.4 cm³/mol. The zero-order valence-corrected chi connectivity index (χ0v) is 6.73. The van der Waals surface area contributed by atoms with Crippen LogP contribution in [0.3, 0.4) is 0 Å². The van der Waals surface area contributed by atoms with E-state index in [4.69, 9.17) is 21.1 Å². The molecular weight excluding hydrogens is 152 g/mol. The molecule has 2 aliphatic rings. The predicted octanol–water partition coefficient (Wildman–Crippen LogP) is 1.17. The van der Waals surface area contributed by atoms with Crippen molar-refractivity contribution in [3.05, 3.63) is 0 Å². The van der Waals surface area contributed by atoms with E-state index in [9.17, 15) is 0 Å². The van der Waals surface area contributed by atoms with Gasteiger partial charge in [0.2, 0.25) is 0 Å². The molecule has 0 amide bonds. The standard InChI is InChI=1S/C7H11ClO2/c1-7(4-9-7)2-5-6(3-8)10-5/h5-6H,2-4H2,1H3. The molecule has 2 heterocycles. The number of hydrogen-bond donors (Lipinski definition) is 0. The summed E-state index contributed by atoms with van der Waals surface area (Å²) in [6.07, 6.45) is 1.71. The van der Waals surface area contributed by atoms with Crippen LogP contribution in [0.15, 0.2) is 0 Å². The topological polar surface area (TPSA) is 25.1 Å². The van der Waals surface area contributed by atoms with E-state index in [2.05, 4.69) is 6.92 Å². The van der Waals surface area contributed by atoms with Gasteiger partial charge < -0.3 is 9.47 Å². The fourth-order valence-corrected chi connectivity index (χ4v) is 1.43. The number of ether oxygens (including phenoxy) is 2. The van der Waals surface area contributed by atoms with Crippen LogP contribution in [0.2, 0.25) is 0 Å². The van der Waals surface area contributed by atoms with E-state index in [1.807, 2.05) is 0 Å². The minimum absolute atomic E-state index is 0.130. The van der Waals surface area contributed by atoms with Gasteiger partial charge in [-0.25, -0.2) is 0 Å². The summed E-state index contributed by atoms with van der Waals surface area (Å²) in [5.74, 6) is 0.626. The van der Waals surface area contributed by atoms with Crippen molar-refractivity contribution in [3.63, 3.8) is 0 Å². The van der Waals surface area contributed by atoms with Gasteiger partial charge in [0, 0.05) is 6.42 Å². The van der Waals surface area contributed by atoms with Gasteiger partial charge in [0.05, 0.1) is 30.3 Å². The second-order valence-electron chi connectivity index (χ2n) is 3.31. The molecule has 2 fully saturated rings. The lowest BCUT2D eigenvalue weighted by molar-refractivity contribution is 0.275. The Bertz CT molecular complexity index is 145. The molecule has 0 saturated carbocycles. The Morgan fingerprint density at radius 3 is 2.70 bits per heavy atom. The van der Waals surface area contributed by atoms with Crippen molar-refractivity contribution in [2.75, 3.05) is 12.5 Å². The maximum Gasteiger partial charge on any atom is 0.0977 e. The molecule has 3 atom stereocenters. The zero-order chi connectivity index (χ0) is 7.19. The third kappa shape index (κ3) is 1.29. The molecule has 3 unspecified atom stereocenters. The molecule has 0 N–H and O–H groups in total. The summed E-state index contributed by atoms with van der Waals surface area (Å²) in [6, 6.07) is 0. The summed E-state index contributed by atoms with van der Waals surface area (Å²) < 4.78 is 10.5. The van der Waals surface area contributed by atoms with Crippen molar-refractivity contribution in [2.45, 2.75) is 31.2 Å². The van der Waals surface area contributed by atoms with Gasteiger partial charge in [0.1, 0.15) is 0 Å². The molecule has 0 aromatic rings. The highest BCUT2D eigenvalue weighted by Gasteiger charge is 2.49. The minimum atomic E-state index is 0.130. The maximum atomic E-state index is 5.58. The van der Waals surface area contributed by atoms with Crippen molar-refractivity contribution in [1.29, 1.82) is 0 Å². The second-order valence-corrected chi connectivity index (χ2v) is 3.62. The number of hydrogen-bond acceptors (Lipinski definition) is 2. The maximum absolute atomic E-state index is 5.58. The Balaban J connectivity index is 1.73. The molecular formula is C7H11ClO2. The van der Waals surface area contributed by atoms with Gasteiger partial charge in [-0.3, -0.25) is 0 Å². The van der Waals surface area contributed by atoms with E-state index < -0.39 is 0 Å². The highest BCUT2D eigenvalue weighted by atomic mass is 35.5. The van der Waals surface area contributed by atoms with E-state index in [0.29, 0.717) is 18.1 Å². The van der Waals surface area contributed by atoms with Crippen molar-refractivity contribution in [1.82, 2.24) is 0 Å². The van der Waals surface area contributed by atoms with Gasteiger partial charge in [-0.2, -0.15) is 0 Å². The van der Waals surface area contributed by atoms with Gasteiger partial charge in [-0.15, -0.1) is 11.6 Å². The number of alkyl halides is 1. The largest absolute Gasteiger partial charge is 0.370 e. The summed E-state index contributed by atoms with van der Waals surface area (Å²) in [5.41, 5.74) is 0.130. The third-order valence-electron chi connectivity index (χ3n) is 2.11. The van der Waals surface area contributed by atoms with Crippen LogP contribution in [0.4, 0.5) is 0 Å². The summed E-state index contributed by atoms with van der Waals surface area (Å²) >= 11 is 5.58.